The minimum atomic E-state index is -1.83. The standard InChI is InChI=1S/C43H63NO11/c1-24-11-10-14-30-23-50-40-36(44-48)27(4)19-33(43(30,40)47)41(46)52-32-20-31(16-15-25(2)38(24)53-35-21-34(49-6)37(45)28(5)51-35)54-42(22-32)18-17-26(3)39(55-42)29-12-8-7-9-13-29/h10-11,14-15,19,24,26,28-29,31-35,37-40,45,47-48H,7-9,12-13,16-18,20-23H2,1-6H3/b11-10+,25-15+,30-14+,44-36+/t24-,26-,28-,31+,32-,33+,34-,35-,37-,38-,39+,40+,42+,43+/m0/s1. The summed E-state index contributed by atoms with van der Waals surface area (Å²) in [5.74, 6) is -1.83. The first-order chi connectivity index (χ1) is 26.4. The number of hydrogen-bond donors (Lipinski definition) is 3. The van der Waals surface area contributed by atoms with Crippen molar-refractivity contribution in [2.24, 2.45) is 28.8 Å². The Labute approximate surface area is 325 Å². The van der Waals surface area contributed by atoms with Crippen LogP contribution in [0.15, 0.2) is 52.3 Å². The molecule has 2 aliphatic carbocycles. The van der Waals surface area contributed by atoms with Crippen LogP contribution in [0.5, 0.6) is 0 Å². The van der Waals surface area contributed by atoms with Gasteiger partial charge in [0.05, 0.1) is 37.1 Å². The molecule has 1 spiro atoms. The lowest BCUT2D eigenvalue weighted by molar-refractivity contribution is -0.342. The van der Waals surface area contributed by atoms with Crippen molar-refractivity contribution >= 4 is 11.7 Å². The Morgan fingerprint density at radius 2 is 1.80 bits per heavy atom. The highest BCUT2D eigenvalue weighted by molar-refractivity contribution is 6.06. The third-order valence-electron chi connectivity index (χ3n) is 13.6. The fourth-order valence-corrected chi connectivity index (χ4v) is 10.4. The zero-order valence-electron chi connectivity index (χ0n) is 33.4. The Morgan fingerprint density at radius 3 is 2.55 bits per heavy atom. The maximum Gasteiger partial charge on any atom is 0.316 e. The van der Waals surface area contributed by atoms with Gasteiger partial charge in [0.2, 0.25) is 0 Å². The molecule has 0 amide bonds. The Hall–Kier alpha value is -2.42. The minimum Gasteiger partial charge on any atom is -0.462 e. The van der Waals surface area contributed by atoms with Crippen LogP contribution in [0.2, 0.25) is 0 Å². The summed E-state index contributed by atoms with van der Waals surface area (Å²) < 4.78 is 45.1. The number of nitrogens with zero attached hydrogens (tertiary/aromatic N) is 1. The van der Waals surface area contributed by atoms with Crippen molar-refractivity contribution in [3.8, 4) is 0 Å². The zero-order chi connectivity index (χ0) is 39.1. The molecule has 0 aromatic carbocycles. The molecule has 55 heavy (non-hydrogen) atoms. The van der Waals surface area contributed by atoms with E-state index in [9.17, 15) is 20.2 Å². The fraction of sp³-hybridized carbons (Fsp3) is 0.767. The van der Waals surface area contributed by atoms with Crippen LogP contribution in [0.1, 0.15) is 105 Å². The summed E-state index contributed by atoms with van der Waals surface area (Å²) in [6, 6.07) is 0. The third-order valence-corrected chi connectivity index (χ3v) is 13.6. The second-order valence-corrected chi connectivity index (χ2v) is 17.4. The van der Waals surface area contributed by atoms with Gasteiger partial charge in [0.25, 0.3) is 0 Å². The topological polar surface area (TPSA) is 155 Å². The molecule has 3 N–H and O–H groups in total. The van der Waals surface area contributed by atoms with Crippen LogP contribution in [0.25, 0.3) is 0 Å². The molecule has 1 saturated carbocycles. The quantitative estimate of drug-likeness (QED) is 0.132. The van der Waals surface area contributed by atoms with E-state index in [2.05, 4.69) is 32.0 Å². The summed E-state index contributed by atoms with van der Waals surface area (Å²) in [5, 5.41) is 36.7. The molecule has 12 heteroatoms. The number of carbonyl (C=O) groups excluding carboxylic acids is 1. The van der Waals surface area contributed by atoms with Crippen LogP contribution in [0, 0.1) is 23.7 Å². The molecule has 7 aliphatic rings. The Bertz CT molecular complexity index is 1550. The number of fused-ring (bicyclic) bond motifs is 2. The molecule has 5 heterocycles. The summed E-state index contributed by atoms with van der Waals surface area (Å²) >= 11 is 0. The van der Waals surface area contributed by atoms with Crippen LogP contribution >= 0.6 is 0 Å². The number of hydrogen-bond acceptors (Lipinski definition) is 12. The van der Waals surface area contributed by atoms with E-state index in [0.717, 1.165) is 24.8 Å². The highest BCUT2D eigenvalue weighted by atomic mass is 16.7. The van der Waals surface area contributed by atoms with Gasteiger partial charge in [-0.3, -0.25) is 4.79 Å². The van der Waals surface area contributed by atoms with E-state index >= 15 is 0 Å². The molecule has 14 atom stereocenters. The van der Waals surface area contributed by atoms with Crippen molar-refractivity contribution in [2.75, 3.05) is 13.7 Å². The molecule has 7 rings (SSSR count). The average molecular weight is 770 g/mol. The van der Waals surface area contributed by atoms with Crippen molar-refractivity contribution in [1.29, 1.82) is 0 Å². The van der Waals surface area contributed by atoms with Gasteiger partial charge in [-0.2, -0.15) is 0 Å². The summed E-state index contributed by atoms with van der Waals surface area (Å²) in [5.41, 5.74) is 0.362. The largest absolute Gasteiger partial charge is 0.462 e. The molecule has 0 unspecified atom stereocenters. The SMILES string of the molecule is CO[C@H]1C[C@H](O[C@@H]2/C(C)=C/C[C@@H]3C[C@@H](C[C@]4(CC[C@H](C)[C@H](C5CCCCC5)O4)O3)OC(=O)[C@H]3C=C(C)/C(=N\O)[C@H]4OC/C(=C\C=C\[C@@H]2C)[C@@]34O)O[C@@H](C)[C@@H]1O. The molecule has 306 valence electrons. The van der Waals surface area contributed by atoms with Crippen LogP contribution in [0.3, 0.4) is 0 Å². The third kappa shape index (κ3) is 8.17. The van der Waals surface area contributed by atoms with E-state index in [-0.39, 0.29) is 30.4 Å². The van der Waals surface area contributed by atoms with Gasteiger partial charge in [0, 0.05) is 38.7 Å². The number of aliphatic hydroxyl groups excluding tert-OH is 1. The lowest BCUT2D eigenvalue weighted by Gasteiger charge is -2.51. The monoisotopic (exact) mass is 769 g/mol. The number of ether oxygens (including phenoxy) is 7. The molecule has 0 aromatic rings. The molecule has 0 radical (unpaired) electrons. The molecule has 0 aromatic heterocycles. The zero-order valence-corrected chi connectivity index (χ0v) is 33.4. The van der Waals surface area contributed by atoms with E-state index in [1.165, 1.54) is 19.3 Å². The van der Waals surface area contributed by atoms with Gasteiger partial charge in [-0.05, 0) is 75.0 Å². The number of allylic oxidation sites excluding steroid dienone is 2. The van der Waals surface area contributed by atoms with E-state index in [0.29, 0.717) is 55.1 Å². The smallest absolute Gasteiger partial charge is 0.316 e. The van der Waals surface area contributed by atoms with Crippen LogP contribution < -0.4 is 0 Å². The van der Waals surface area contributed by atoms with Gasteiger partial charge < -0.3 is 48.6 Å². The van der Waals surface area contributed by atoms with E-state index < -0.39 is 66.2 Å². The molecule has 5 fully saturated rings. The molecule has 5 aliphatic heterocycles. The molecule has 4 saturated heterocycles. The second kappa shape index (κ2) is 16.8. The highest BCUT2D eigenvalue weighted by Gasteiger charge is 2.60. The highest BCUT2D eigenvalue weighted by Crippen LogP contribution is 2.48. The van der Waals surface area contributed by atoms with Crippen molar-refractivity contribution < 1.29 is 53.4 Å². The summed E-state index contributed by atoms with van der Waals surface area (Å²) in [7, 11) is 1.59. The first kappa shape index (κ1) is 40.8. The predicted octanol–water partition coefficient (Wildman–Crippen LogP) is 6.07. The van der Waals surface area contributed by atoms with Crippen molar-refractivity contribution in [2.45, 2.75) is 172 Å². The van der Waals surface area contributed by atoms with Crippen molar-refractivity contribution in [3.05, 3.63) is 47.1 Å². The van der Waals surface area contributed by atoms with Gasteiger partial charge in [-0.15, -0.1) is 0 Å². The maximum absolute atomic E-state index is 14.4. The molecular weight excluding hydrogens is 706 g/mol. The first-order valence-electron chi connectivity index (χ1n) is 20.7. The van der Waals surface area contributed by atoms with Crippen LogP contribution in [-0.4, -0.2) is 107 Å². The fourth-order valence-electron chi connectivity index (χ4n) is 10.4. The first-order valence-corrected chi connectivity index (χ1v) is 20.7. The molecular formula is C43H63NO11. The number of oxime groups is 1. The van der Waals surface area contributed by atoms with E-state index in [4.69, 9.17) is 33.2 Å². The number of rotatable bonds is 4. The van der Waals surface area contributed by atoms with Gasteiger partial charge in [0.15, 0.2) is 12.1 Å². The Balaban J connectivity index is 1.25. The average Bonchev–Trinajstić information content (AvgIpc) is 3.50. The van der Waals surface area contributed by atoms with Crippen LogP contribution in [0.4, 0.5) is 0 Å². The lowest BCUT2D eigenvalue weighted by Crippen LogP contribution is -2.57. The van der Waals surface area contributed by atoms with E-state index in [1.807, 2.05) is 19.1 Å². The number of esters is 1. The lowest BCUT2D eigenvalue weighted by atomic mass is 9.71. The molecule has 2 bridgehead atoms. The van der Waals surface area contributed by atoms with Crippen molar-refractivity contribution in [3.63, 3.8) is 0 Å². The van der Waals surface area contributed by atoms with E-state index in [1.54, 1.807) is 26.2 Å². The Morgan fingerprint density at radius 1 is 1.02 bits per heavy atom. The van der Waals surface area contributed by atoms with Crippen molar-refractivity contribution in [1.82, 2.24) is 0 Å². The van der Waals surface area contributed by atoms with Gasteiger partial charge in [0.1, 0.15) is 35.5 Å². The van der Waals surface area contributed by atoms with Gasteiger partial charge in [-0.25, -0.2) is 0 Å². The predicted molar refractivity (Wildman–Crippen MR) is 203 cm³/mol. The second-order valence-electron chi connectivity index (χ2n) is 17.4. The number of aliphatic hydroxyl groups is 2. The van der Waals surface area contributed by atoms with Gasteiger partial charge >= 0.3 is 5.97 Å². The number of carbonyl (C=O) groups is 1. The van der Waals surface area contributed by atoms with Crippen LogP contribution in [-0.2, 0) is 38.0 Å². The minimum absolute atomic E-state index is 0.0359. The summed E-state index contributed by atoms with van der Waals surface area (Å²) in [4.78, 5) is 14.4. The van der Waals surface area contributed by atoms with Gasteiger partial charge in [-0.1, -0.05) is 68.6 Å². The number of methoxy groups -OCH3 is 1. The summed E-state index contributed by atoms with van der Waals surface area (Å²) in [6.07, 6.45) is 14.4. The summed E-state index contributed by atoms with van der Waals surface area (Å²) in [6.45, 7) is 10.0. The Kier molecular flexibility index (Phi) is 12.5. The normalized spacial score (nSPS) is 47.9. The molecule has 12 nitrogen and oxygen atoms in total. The maximum atomic E-state index is 14.4.